The number of halogens is 1. The molecule has 0 saturated carbocycles. The smallest absolute Gasteiger partial charge is 0.194 e. The number of thiazole rings is 1. The van der Waals surface area contributed by atoms with E-state index in [0.717, 1.165) is 23.2 Å². The molecule has 0 aromatic carbocycles. The van der Waals surface area contributed by atoms with E-state index in [1.54, 1.807) is 18.4 Å². The molecule has 94 valence electrons. The van der Waals surface area contributed by atoms with Crippen LogP contribution < -0.4 is 5.32 Å². The van der Waals surface area contributed by atoms with Crippen LogP contribution in [-0.2, 0) is 6.54 Å². The minimum absolute atomic E-state index is 0. The molecule has 1 N–H and O–H groups in total. The van der Waals surface area contributed by atoms with Crippen molar-refractivity contribution in [2.24, 2.45) is 4.99 Å². The van der Waals surface area contributed by atoms with Gasteiger partial charge in [0, 0.05) is 19.5 Å². The predicted octanol–water partition coefficient (Wildman–Crippen LogP) is 1.71. The fourth-order valence-electron chi connectivity index (χ4n) is 1.31. The number of aryl methyl sites for hydroxylation is 1. The third kappa shape index (κ3) is 5.37. The summed E-state index contributed by atoms with van der Waals surface area (Å²) in [6.45, 7) is 3.21. The van der Waals surface area contributed by atoms with Crippen LogP contribution in [0.4, 0.5) is 0 Å². The number of hydrogen-bond acceptors (Lipinski definition) is 3. The van der Waals surface area contributed by atoms with Crippen molar-refractivity contribution < 1.29 is 0 Å². The van der Waals surface area contributed by atoms with Crippen molar-refractivity contribution in [1.82, 2.24) is 15.2 Å². The van der Waals surface area contributed by atoms with Crippen LogP contribution in [0.2, 0.25) is 0 Å². The lowest BCUT2D eigenvalue weighted by molar-refractivity contribution is 0.474. The molecule has 0 spiro atoms. The molecule has 0 aliphatic rings. The van der Waals surface area contributed by atoms with Crippen molar-refractivity contribution in [3.63, 3.8) is 0 Å². The van der Waals surface area contributed by atoms with Gasteiger partial charge in [-0.3, -0.25) is 4.99 Å². The standard InChI is InChI=1S/C11H16N4S.HI/c1-5-6-13-11(12-3)15(4)7-10-8-16-9(2)14-10;/h1,8H,6-7H2,2-4H3,(H,12,13);1H. The molecule has 1 heterocycles. The topological polar surface area (TPSA) is 40.5 Å². The van der Waals surface area contributed by atoms with Crippen LogP contribution in [0.15, 0.2) is 10.4 Å². The van der Waals surface area contributed by atoms with Crippen molar-refractivity contribution in [3.8, 4) is 12.3 Å². The van der Waals surface area contributed by atoms with Gasteiger partial charge in [0.25, 0.3) is 0 Å². The molecule has 17 heavy (non-hydrogen) atoms. The molecule has 0 unspecified atom stereocenters. The molecule has 4 nitrogen and oxygen atoms in total. The van der Waals surface area contributed by atoms with Crippen LogP contribution in [0.5, 0.6) is 0 Å². The van der Waals surface area contributed by atoms with E-state index in [-0.39, 0.29) is 24.0 Å². The molecule has 0 atom stereocenters. The molecule has 0 radical (unpaired) electrons. The number of nitrogens with one attached hydrogen (secondary N) is 1. The highest BCUT2D eigenvalue weighted by atomic mass is 127. The van der Waals surface area contributed by atoms with E-state index in [0.29, 0.717) is 6.54 Å². The molecule has 0 aliphatic carbocycles. The zero-order valence-electron chi connectivity index (χ0n) is 10.2. The molecule has 0 aliphatic heterocycles. The highest BCUT2D eigenvalue weighted by Gasteiger charge is 2.07. The Morgan fingerprint density at radius 3 is 2.88 bits per heavy atom. The molecule has 6 heteroatoms. The second-order valence-electron chi connectivity index (χ2n) is 3.32. The van der Waals surface area contributed by atoms with Crippen LogP contribution in [0.1, 0.15) is 10.7 Å². The lowest BCUT2D eigenvalue weighted by atomic mass is 10.4. The first-order chi connectivity index (χ1) is 7.67. The maximum Gasteiger partial charge on any atom is 0.194 e. The molecule has 0 saturated heterocycles. The van der Waals surface area contributed by atoms with E-state index in [1.807, 2.05) is 18.9 Å². The van der Waals surface area contributed by atoms with Crippen molar-refractivity contribution in [1.29, 1.82) is 0 Å². The van der Waals surface area contributed by atoms with Gasteiger partial charge in [0.15, 0.2) is 5.96 Å². The molecular formula is C11H17IN4S. The summed E-state index contributed by atoms with van der Waals surface area (Å²) in [7, 11) is 3.70. The number of terminal acetylenes is 1. The van der Waals surface area contributed by atoms with Crippen molar-refractivity contribution in [2.45, 2.75) is 13.5 Å². The summed E-state index contributed by atoms with van der Waals surface area (Å²) in [4.78, 5) is 10.5. The second kappa shape index (κ2) is 8.31. The zero-order chi connectivity index (χ0) is 12.0. The number of hydrogen-bond donors (Lipinski definition) is 1. The zero-order valence-corrected chi connectivity index (χ0v) is 13.4. The summed E-state index contributed by atoms with van der Waals surface area (Å²) in [5, 5.41) is 6.20. The number of aromatic nitrogens is 1. The molecule has 0 amide bonds. The Morgan fingerprint density at radius 2 is 2.41 bits per heavy atom. The van der Waals surface area contributed by atoms with Gasteiger partial charge in [0.1, 0.15) is 0 Å². The van der Waals surface area contributed by atoms with Gasteiger partial charge < -0.3 is 10.2 Å². The highest BCUT2D eigenvalue weighted by molar-refractivity contribution is 14.0. The first-order valence-corrected chi connectivity index (χ1v) is 5.81. The molecular weight excluding hydrogens is 347 g/mol. The largest absolute Gasteiger partial charge is 0.345 e. The minimum atomic E-state index is 0. The molecule has 0 bridgehead atoms. The van der Waals surface area contributed by atoms with Crippen molar-refractivity contribution in [2.75, 3.05) is 20.6 Å². The third-order valence-corrected chi connectivity index (χ3v) is 2.81. The minimum Gasteiger partial charge on any atom is -0.345 e. The SMILES string of the molecule is C#CCNC(=NC)N(C)Cc1csc(C)n1.I. The lowest BCUT2D eigenvalue weighted by Gasteiger charge is -2.20. The normalized spacial score (nSPS) is 10.4. The van der Waals surface area contributed by atoms with E-state index in [1.165, 1.54) is 0 Å². The van der Waals surface area contributed by atoms with E-state index in [9.17, 15) is 0 Å². The fraction of sp³-hybridized carbons (Fsp3) is 0.455. The average Bonchev–Trinajstić information content (AvgIpc) is 2.65. The molecule has 1 aromatic heterocycles. The Kier molecular flexibility index (Phi) is 7.91. The number of nitrogens with zero attached hydrogens (tertiary/aromatic N) is 3. The van der Waals surface area contributed by atoms with Gasteiger partial charge in [-0.05, 0) is 6.92 Å². The van der Waals surface area contributed by atoms with Crippen LogP contribution in [0.3, 0.4) is 0 Å². The monoisotopic (exact) mass is 364 g/mol. The van der Waals surface area contributed by atoms with Crippen LogP contribution in [0, 0.1) is 19.3 Å². The Labute approximate surface area is 124 Å². The van der Waals surface area contributed by atoms with E-state index in [2.05, 4.69) is 26.6 Å². The van der Waals surface area contributed by atoms with Crippen LogP contribution in [-0.4, -0.2) is 36.5 Å². The average molecular weight is 364 g/mol. The van der Waals surface area contributed by atoms with Crippen molar-refractivity contribution in [3.05, 3.63) is 16.1 Å². The van der Waals surface area contributed by atoms with Gasteiger partial charge in [0.2, 0.25) is 0 Å². The van der Waals surface area contributed by atoms with Crippen molar-refractivity contribution >= 4 is 41.3 Å². The molecule has 1 rings (SSSR count). The van der Waals surface area contributed by atoms with E-state index >= 15 is 0 Å². The Bertz CT molecular complexity index is 408. The first kappa shape index (κ1) is 16.2. The van der Waals surface area contributed by atoms with E-state index < -0.39 is 0 Å². The summed E-state index contributed by atoms with van der Waals surface area (Å²) in [6, 6.07) is 0. The maximum atomic E-state index is 5.19. The van der Waals surface area contributed by atoms with Gasteiger partial charge in [-0.2, -0.15) is 0 Å². The van der Waals surface area contributed by atoms with Crippen LogP contribution in [0.25, 0.3) is 0 Å². The number of rotatable bonds is 3. The summed E-state index contributed by atoms with van der Waals surface area (Å²) >= 11 is 1.65. The summed E-state index contributed by atoms with van der Waals surface area (Å²) in [5.74, 6) is 3.30. The Morgan fingerprint density at radius 1 is 1.71 bits per heavy atom. The Balaban J connectivity index is 0.00000256. The summed E-state index contributed by atoms with van der Waals surface area (Å²) in [6.07, 6.45) is 5.19. The van der Waals surface area contributed by atoms with Gasteiger partial charge in [-0.15, -0.1) is 41.7 Å². The number of guanidine groups is 1. The summed E-state index contributed by atoms with van der Waals surface area (Å²) in [5.41, 5.74) is 1.05. The Hall–Kier alpha value is -0.810. The molecule has 0 fully saturated rings. The highest BCUT2D eigenvalue weighted by Crippen LogP contribution is 2.09. The van der Waals surface area contributed by atoms with E-state index in [4.69, 9.17) is 6.42 Å². The van der Waals surface area contributed by atoms with Gasteiger partial charge in [0.05, 0.1) is 23.8 Å². The molecule has 1 aromatic rings. The van der Waals surface area contributed by atoms with Crippen LogP contribution >= 0.6 is 35.3 Å². The quantitative estimate of drug-likeness (QED) is 0.384. The second-order valence-corrected chi connectivity index (χ2v) is 4.38. The van der Waals surface area contributed by atoms with Gasteiger partial charge in [-0.1, -0.05) is 5.92 Å². The third-order valence-electron chi connectivity index (χ3n) is 1.99. The maximum absolute atomic E-state index is 5.19. The first-order valence-electron chi connectivity index (χ1n) is 4.93. The fourth-order valence-corrected chi connectivity index (χ4v) is 1.92. The predicted molar refractivity (Wildman–Crippen MR) is 83.9 cm³/mol. The van der Waals surface area contributed by atoms with Gasteiger partial charge in [-0.25, -0.2) is 4.98 Å². The van der Waals surface area contributed by atoms with Gasteiger partial charge >= 0.3 is 0 Å². The summed E-state index contributed by atoms with van der Waals surface area (Å²) < 4.78 is 0. The lowest BCUT2D eigenvalue weighted by Crippen LogP contribution is -2.38. The number of aliphatic imine (C=N–C) groups is 1.